The molecule has 0 spiro atoms. The van der Waals surface area contributed by atoms with Crippen LogP contribution in [-0.2, 0) is 0 Å². The van der Waals surface area contributed by atoms with Crippen molar-refractivity contribution >= 4 is 27.6 Å². The lowest BCUT2D eigenvalue weighted by atomic mass is 10.8. The van der Waals surface area contributed by atoms with Crippen LogP contribution in [0.2, 0.25) is 0 Å². The Balaban J connectivity index is 3.03. The predicted octanol–water partition coefficient (Wildman–Crippen LogP) is 1.32. The quantitative estimate of drug-likeness (QED) is 0.335. The molecule has 3 nitrogen and oxygen atoms in total. The maximum Gasteiger partial charge on any atom is 0.113 e. The first-order valence-corrected chi connectivity index (χ1v) is 4.42. The van der Waals surface area contributed by atoms with Crippen molar-refractivity contribution in [1.82, 2.24) is 3.53 Å². The molecule has 0 aliphatic rings. The molecule has 48 valence electrons. The third-order valence-corrected chi connectivity index (χ3v) is 1.50. The van der Waals surface area contributed by atoms with Crippen LogP contribution >= 0.6 is 21.3 Å². The largest absolute Gasteiger partial charge is 0.310 e. The van der Waals surface area contributed by atoms with Crippen molar-refractivity contribution in [3.8, 4) is 0 Å². The number of halogens is 1. The molecular weight excluding hydrogens is 217 g/mol. The van der Waals surface area contributed by atoms with Crippen LogP contribution in [0.5, 0.6) is 0 Å². The predicted molar refractivity (Wildman–Crippen MR) is 44.5 cm³/mol. The van der Waals surface area contributed by atoms with E-state index >= 15 is 0 Å². The Labute approximate surface area is 60.1 Å². The minimum atomic E-state index is -0.159. The van der Waals surface area contributed by atoms with Crippen LogP contribution in [0.1, 0.15) is 6.92 Å². The summed E-state index contributed by atoms with van der Waals surface area (Å²) in [5.41, 5.74) is 0. The third kappa shape index (κ3) is 6.00. The minimum absolute atomic E-state index is 0.159. The van der Waals surface area contributed by atoms with Gasteiger partial charge in [0.2, 0.25) is 0 Å². The second-order valence-electron chi connectivity index (χ2n) is 0.991. The smallest absolute Gasteiger partial charge is 0.113 e. The van der Waals surface area contributed by atoms with E-state index < -0.39 is 0 Å². The van der Waals surface area contributed by atoms with Gasteiger partial charge in [0.05, 0.1) is 6.34 Å². The fourth-order valence-electron chi connectivity index (χ4n) is 0.196. The summed E-state index contributed by atoms with van der Waals surface area (Å²) in [4.78, 5) is 3.94. The Hall–Kier alpha value is -0.0000000000000000555. The van der Waals surface area contributed by atoms with E-state index in [4.69, 9.17) is 0 Å². The summed E-state index contributed by atoms with van der Waals surface area (Å²) in [7, 11) is 1.81. The topological polar surface area (TPSA) is 36.8 Å². The summed E-state index contributed by atoms with van der Waals surface area (Å²) in [6, 6.07) is 0. The Kier molecular flexibility index (Phi) is 7.00. The minimum Gasteiger partial charge on any atom is -0.310 e. The van der Waals surface area contributed by atoms with Gasteiger partial charge in [0.15, 0.2) is 0 Å². The van der Waals surface area contributed by atoms with Crippen LogP contribution in [0.3, 0.4) is 0 Å². The fraction of sp³-hybridized carbons (Fsp3) is 0.750. The molecule has 0 saturated heterocycles. The van der Waals surface area contributed by atoms with Gasteiger partial charge in [0.1, 0.15) is 21.3 Å². The molecule has 0 fully saturated rings. The Morgan fingerprint density at radius 2 is 2.50 bits per heavy atom. The molecule has 0 aromatic rings. The van der Waals surface area contributed by atoms with Crippen molar-refractivity contribution in [1.29, 1.82) is 0 Å². The summed E-state index contributed by atoms with van der Waals surface area (Å²) in [6.45, 7) is 2.85. The molecule has 0 aliphatic carbocycles. The van der Waals surface area contributed by atoms with Crippen LogP contribution < -0.4 is 3.53 Å². The molecule has 0 bridgehead atoms. The van der Waals surface area contributed by atoms with E-state index in [1.165, 1.54) is 0 Å². The highest BCUT2D eigenvalue weighted by molar-refractivity contribution is 14.1. The average Bonchev–Trinajstić information content (AvgIpc) is 1.81. The molecule has 0 aromatic heterocycles. The zero-order valence-electron chi connectivity index (χ0n) is 5.06. The van der Waals surface area contributed by atoms with Gasteiger partial charge in [-0.05, 0) is 6.92 Å². The molecule has 8 heavy (non-hydrogen) atoms. The van der Waals surface area contributed by atoms with Crippen LogP contribution in [0, 0.1) is 0 Å². The van der Waals surface area contributed by atoms with Crippen molar-refractivity contribution < 1.29 is 0 Å². The van der Waals surface area contributed by atoms with Gasteiger partial charge in [-0.1, -0.05) is 0 Å². The van der Waals surface area contributed by atoms with Crippen molar-refractivity contribution in [2.24, 2.45) is 8.14 Å². The summed E-state index contributed by atoms with van der Waals surface area (Å²) < 4.78 is 6.90. The van der Waals surface area contributed by atoms with E-state index in [9.17, 15) is 0 Å². The summed E-state index contributed by atoms with van der Waals surface area (Å²) >= 11 is -0.159. The second kappa shape index (κ2) is 7.00. The van der Waals surface area contributed by atoms with E-state index in [2.05, 4.69) is 11.7 Å². The third-order valence-electron chi connectivity index (χ3n) is 0.456. The fourth-order valence-corrected chi connectivity index (χ4v) is 0.796. The first kappa shape index (κ1) is 8.00. The van der Waals surface area contributed by atoms with Crippen molar-refractivity contribution in [3.05, 3.63) is 0 Å². The molecule has 1 N–H and O–H groups in total. The van der Waals surface area contributed by atoms with Gasteiger partial charge in [0, 0.05) is 13.6 Å². The molecule has 0 heterocycles. The summed E-state index contributed by atoms with van der Waals surface area (Å²) in [5.74, 6) is 0. The number of rotatable bonds is 3. The summed E-state index contributed by atoms with van der Waals surface area (Å²) in [5, 5.41) is 0. The van der Waals surface area contributed by atoms with Gasteiger partial charge in [-0.2, -0.15) is 0 Å². The van der Waals surface area contributed by atoms with Crippen molar-refractivity contribution in [2.45, 2.75) is 6.92 Å². The van der Waals surface area contributed by atoms with Gasteiger partial charge in [0.25, 0.3) is 0 Å². The average molecular weight is 227 g/mol. The monoisotopic (exact) mass is 227 g/mol. The first-order chi connectivity index (χ1) is 3.91. The van der Waals surface area contributed by atoms with E-state index in [-0.39, 0.29) is 21.3 Å². The van der Waals surface area contributed by atoms with Gasteiger partial charge in [-0.3, -0.25) is 4.99 Å². The van der Waals surface area contributed by atoms with Crippen LogP contribution in [-0.4, -0.2) is 19.9 Å². The van der Waals surface area contributed by atoms with Crippen molar-refractivity contribution in [2.75, 3.05) is 13.6 Å². The SMILES string of the molecule is CCN=CNI=NC. The van der Waals surface area contributed by atoms with E-state index in [0.717, 1.165) is 6.54 Å². The highest BCUT2D eigenvalue weighted by atomic mass is 127. The number of nitrogens with one attached hydrogen (secondary N) is 1. The van der Waals surface area contributed by atoms with E-state index in [0.29, 0.717) is 0 Å². The maximum atomic E-state index is 3.94. The Morgan fingerprint density at radius 3 is 3.00 bits per heavy atom. The molecule has 0 unspecified atom stereocenters. The maximum absolute atomic E-state index is 3.94. The first-order valence-electron chi connectivity index (χ1n) is 2.38. The molecule has 0 aromatic carbocycles. The zero-order valence-corrected chi connectivity index (χ0v) is 7.21. The second-order valence-corrected chi connectivity index (χ2v) is 3.06. The number of hydrogen-bond acceptors (Lipinski definition) is 2. The standard InChI is InChI=1S/C4H10IN3/c1-3-7-4-8-5-6-2/h4H,3H2,1-2H3,(H,6,7,8). The van der Waals surface area contributed by atoms with Crippen LogP contribution in [0.4, 0.5) is 0 Å². The summed E-state index contributed by atoms with van der Waals surface area (Å²) in [6.07, 6.45) is 1.72. The molecule has 0 radical (unpaired) electrons. The highest BCUT2D eigenvalue weighted by Gasteiger charge is 1.63. The number of aliphatic imine (C=N–C) groups is 1. The lowest BCUT2D eigenvalue weighted by Gasteiger charge is -1.81. The van der Waals surface area contributed by atoms with Crippen LogP contribution in [0.15, 0.2) is 8.14 Å². The number of nitrogens with zero attached hydrogens (tertiary/aromatic N) is 2. The zero-order chi connectivity index (χ0) is 6.24. The molecule has 0 atom stereocenters. The lowest BCUT2D eigenvalue weighted by Crippen LogP contribution is -1.91. The highest BCUT2D eigenvalue weighted by Crippen LogP contribution is 1.84. The van der Waals surface area contributed by atoms with Crippen molar-refractivity contribution in [3.63, 3.8) is 0 Å². The Morgan fingerprint density at radius 1 is 1.75 bits per heavy atom. The van der Waals surface area contributed by atoms with Gasteiger partial charge in [-0.15, -0.1) is 0 Å². The molecule has 0 aliphatic heterocycles. The molecule has 4 heteroatoms. The van der Waals surface area contributed by atoms with E-state index in [1.807, 2.05) is 6.92 Å². The molecule has 0 amide bonds. The van der Waals surface area contributed by atoms with E-state index in [1.54, 1.807) is 13.4 Å². The molecule has 0 rings (SSSR count). The normalized spacial score (nSPS) is 12.2. The number of hydrogen-bond donors (Lipinski definition) is 1. The van der Waals surface area contributed by atoms with Gasteiger partial charge in [-0.25, -0.2) is 3.15 Å². The van der Waals surface area contributed by atoms with Gasteiger partial charge >= 0.3 is 0 Å². The molecular formula is C4H10IN3. The lowest BCUT2D eigenvalue weighted by molar-refractivity contribution is 1.13. The Bertz CT molecular complexity index is 89.3. The van der Waals surface area contributed by atoms with Gasteiger partial charge < -0.3 is 3.53 Å². The van der Waals surface area contributed by atoms with Crippen LogP contribution in [0.25, 0.3) is 0 Å². The molecule has 0 saturated carbocycles.